The summed E-state index contributed by atoms with van der Waals surface area (Å²) in [4.78, 5) is 11.1. The molecule has 1 rings (SSSR count). The van der Waals surface area contributed by atoms with E-state index in [1.165, 1.54) is 6.92 Å². The van der Waals surface area contributed by atoms with Gasteiger partial charge in [0.05, 0.1) is 0 Å². The van der Waals surface area contributed by atoms with Crippen LogP contribution in [0, 0.1) is 0 Å². The lowest BCUT2D eigenvalue weighted by molar-refractivity contribution is -0.161. The standard InChI is InChI=1S/C10H16O3/c1-5-10(6-2)12-8(4)9(13-10)7(3)11/h5-6H2,1-4H3. The van der Waals surface area contributed by atoms with Crippen molar-refractivity contribution in [2.45, 2.75) is 46.3 Å². The molecular formula is C10H16O3. The van der Waals surface area contributed by atoms with Crippen LogP contribution >= 0.6 is 0 Å². The van der Waals surface area contributed by atoms with Crippen molar-refractivity contribution >= 4 is 5.78 Å². The minimum absolute atomic E-state index is 0.0683. The number of ketones is 1. The van der Waals surface area contributed by atoms with Crippen LogP contribution in [-0.4, -0.2) is 11.6 Å². The first-order valence-corrected chi connectivity index (χ1v) is 4.64. The van der Waals surface area contributed by atoms with E-state index in [4.69, 9.17) is 9.47 Å². The van der Waals surface area contributed by atoms with Crippen LogP contribution in [0.3, 0.4) is 0 Å². The minimum Gasteiger partial charge on any atom is -0.453 e. The summed E-state index contributed by atoms with van der Waals surface area (Å²) in [5.74, 6) is 0.326. The van der Waals surface area contributed by atoms with Gasteiger partial charge in [0, 0.05) is 19.8 Å². The molecule has 3 nitrogen and oxygen atoms in total. The number of allylic oxidation sites excluding steroid dienone is 2. The quantitative estimate of drug-likeness (QED) is 0.675. The Hall–Kier alpha value is -0.990. The van der Waals surface area contributed by atoms with E-state index in [2.05, 4.69) is 0 Å². The molecule has 0 bridgehead atoms. The van der Waals surface area contributed by atoms with Gasteiger partial charge in [0.1, 0.15) is 5.76 Å². The lowest BCUT2D eigenvalue weighted by Crippen LogP contribution is -2.29. The Morgan fingerprint density at radius 2 is 1.85 bits per heavy atom. The fourth-order valence-corrected chi connectivity index (χ4v) is 1.46. The molecule has 1 aliphatic heterocycles. The van der Waals surface area contributed by atoms with E-state index in [1.54, 1.807) is 6.92 Å². The van der Waals surface area contributed by atoms with Crippen molar-refractivity contribution in [3.8, 4) is 0 Å². The van der Waals surface area contributed by atoms with Gasteiger partial charge in [-0.2, -0.15) is 0 Å². The average Bonchev–Trinajstić information content (AvgIpc) is 2.44. The molecule has 0 radical (unpaired) electrons. The Morgan fingerprint density at radius 3 is 2.08 bits per heavy atom. The first kappa shape index (κ1) is 10.1. The molecule has 0 aromatic heterocycles. The number of ether oxygens (including phenoxy) is 2. The smallest absolute Gasteiger partial charge is 0.250 e. The van der Waals surface area contributed by atoms with Crippen LogP contribution in [0.1, 0.15) is 40.5 Å². The zero-order valence-corrected chi connectivity index (χ0v) is 8.64. The van der Waals surface area contributed by atoms with Gasteiger partial charge in [-0.3, -0.25) is 4.79 Å². The summed E-state index contributed by atoms with van der Waals surface area (Å²) in [6.07, 6.45) is 1.50. The first-order valence-electron chi connectivity index (χ1n) is 4.64. The highest BCUT2D eigenvalue weighted by Crippen LogP contribution is 2.35. The second-order valence-electron chi connectivity index (χ2n) is 3.26. The van der Waals surface area contributed by atoms with Gasteiger partial charge in [0.25, 0.3) is 5.79 Å². The molecule has 0 aliphatic carbocycles. The third-order valence-corrected chi connectivity index (χ3v) is 2.34. The zero-order chi connectivity index (χ0) is 10.1. The minimum atomic E-state index is -0.592. The number of hydrogen-bond donors (Lipinski definition) is 0. The second kappa shape index (κ2) is 3.40. The molecule has 0 saturated heterocycles. The van der Waals surface area contributed by atoms with Crippen LogP contribution in [0.2, 0.25) is 0 Å². The fraction of sp³-hybridized carbons (Fsp3) is 0.700. The molecule has 0 amide bonds. The van der Waals surface area contributed by atoms with Crippen molar-refractivity contribution in [1.29, 1.82) is 0 Å². The molecule has 0 unspecified atom stereocenters. The SMILES string of the molecule is CCC1(CC)OC(C)=C(C(C)=O)O1. The van der Waals surface area contributed by atoms with Crippen LogP contribution < -0.4 is 0 Å². The van der Waals surface area contributed by atoms with Crippen LogP contribution in [0.15, 0.2) is 11.5 Å². The van der Waals surface area contributed by atoms with E-state index in [9.17, 15) is 4.79 Å². The van der Waals surface area contributed by atoms with Gasteiger partial charge in [-0.15, -0.1) is 0 Å². The maximum absolute atomic E-state index is 11.1. The molecule has 0 fully saturated rings. The maximum Gasteiger partial charge on any atom is 0.250 e. The van der Waals surface area contributed by atoms with E-state index in [1.807, 2.05) is 13.8 Å². The number of rotatable bonds is 3. The van der Waals surface area contributed by atoms with E-state index in [0.717, 1.165) is 12.8 Å². The molecule has 0 atom stereocenters. The van der Waals surface area contributed by atoms with Crippen LogP contribution in [-0.2, 0) is 14.3 Å². The number of Topliss-reactive ketones (excluding diaryl/α,β-unsaturated/α-hetero) is 1. The molecule has 74 valence electrons. The van der Waals surface area contributed by atoms with Gasteiger partial charge in [-0.1, -0.05) is 13.8 Å². The normalized spacial score (nSPS) is 19.7. The molecule has 3 heteroatoms. The summed E-state index contributed by atoms with van der Waals surface area (Å²) in [6, 6.07) is 0. The highest BCUT2D eigenvalue weighted by molar-refractivity contribution is 5.92. The van der Waals surface area contributed by atoms with Gasteiger partial charge < -0.3 is 9.47 Å². The fourth-order valence-electron chi connectivity index (χ4n) is 1.46. The highest BCUT2D eigenvalue weighted by Gasteiger charge is 2.39. The molecule has 1 aliphatic rings. The Bertz CT molecular complexity index is 249. The van der Waals surface area contributed by atoms with Gasteiger partial charge in [-0.05, 0) is 6.92 Å². The number of carbonyl (C=O) groups is 1. The summed E-state index contributed by atoms with van der Waals surface area (Å²) in [7, 11) is 0. The summed E-state index contributed by atoms with van der Waals surface area (Å²) in [5.41, 5.74) is 0. The largest absolute Gasteiger partial charge is 0.453 e. The molecule has 0 aromatic carbocycles. The second-order valence-corrected chi connectivity index (χ2v) is 3.26. The topological polar surface area (TPSA) is 35.5 Å². The van der Waals surface area contributed by atoms with Gasteiger partial charge in [0.2, 0.25) is 5.76 Å². The Balaban J connectivity index is 2.83. The summed E-state index contributed by atoms with van der Waals surface area (Å²) in [5, 5.41) is 0. The zero-order valence-electron chi connectivity index (χ0n) is 8.64. The van der Waals surface area contributed by atoms with Crippen molar-refractivity contribution < 1.29 is 14.3 Å². The lowest BCUT2D eigenvalue weighted by Gasteiger charge is -2.25. The number of hydrogen-bond acceptors (Lipinski definition) is 3. The lowest BCUT2D eigenvalue weighted by atomic mass is 10.1. The third-order valence-electron chi connectivity index (χ3n) is 2.34. The van der Waals surface area contributed by atoms with E-state index in [0.29, 0.717) is 11.5 Å². The maximum atomic E-state index is 11.1. The first-order chi connectivity index (χ1) is 6.04. The molecule has 13 heavy (non-hydrogen) atoms. The predicted molar refractivity (Wildman–Crippen MR) is 48.9 cm³/mol. The molecule has 0 N–H and O–H groups in total. The summed E-state index contributed by atoms with van der Waals surface area (Å²) >= 11 is 0. The van der Waals surface area contributed by atoms with E-state index < -0.39 is 5.79 Å². The van der Waals surface area contributed by atoms with Gasteiger partial charge in [0.15, 0.2) is 5.78 Å². The molecule has 0 spiro atoms. The van der Waals surface area contributed by atoms with Crippen LogP contribution in [0.4, 0.5) is 0 Å². The predicted octanol–water partition coefficient (Wildman–Crippen LogP) is 2.37. The third kappa shape index (κ3) is 1.69. The Labute approximate surface area is 78.7 Å². The van der Waals surface area contributed by atoms with Crippen molar-refractivity contribution in [3.63, 3.8) is 0 Å². The Morgan fingerprint density at radius 1 is 1.31 bits per heavy atom. The summed E-state index contributed by atoms with van der Waals surface area (Å²) < 4.78 is 11.1. The Kier molecular flexibility index (Phi) is 2.64. The summed E-state index contributed by atoms with van der Waals surface area (Å²) in [6.45, 7) is 7.23. The monoisotopic (exact) mass is 184 g/mol. The van der Waals surface area contributed by atoms with Gasteiger partial charge in [-0.25, -0.2) is 0 Å². The van der Waals surface area contributed by atoms with Crippen molar-refractivity contribution in [2.24, 2.45) is 0 Å². The van der Waals surface area contributed by atoms with Crippen molar-refractivity contribution in [3.05, 3.63) is 11.5 Å². The van der Waals surface area contributed by atoms with Crippen molar-refractivity contribution in [2.75, 3.05) is 0 Å². The van der Waals surface area contributed by atoms with Crippen molar-refractivity contribution in [1.82, 2.24) is 0 Å². The van der Waals surface area contributed by atoms with Crippen LogP contribution in [0.5, 0.6) is 0 Å². The van der Waals surface area contributed by atoms with Crippen LogP contribution in [0.25, 0.3) is 0 Å². The molecular weight excluding hydrogens is 168 g/mol. The number of carbonyl (C=O) groups excluding carboxylic acids is 1. The average molecular weight is 184 g/mol. The van der Waals surface area contributed by atoms with Gasteiger partial charge >= 0.3 is 0 Å². The van der Waals surface area contributed by atoms with E-state index >= 15 is 0 Å². The van der Waals surface area contributed by atoms with E-state index in [-0.39, 0.29) is 5.78 Å². The highest BCUT2D eigenvalue weighted by atomic mass is 16.7. The molecule has 0 aromatic rings. The molecule has 1 heterocycles. The molecule has 0 saturated carbocycles.